The summed E-state index contributed by atoms with van der Waals surface area (Å²) < 4.78 is 0.658. The van der Waals surface area contributed by atoms with Crippen LogP contribution in [0, 0.1) is 0 Å². The first-order valence-electron chi connectivity index (χ1n) is 6.54. The van der Waals surface area contributed by atoms with Crippen LogP contribution in [0.15, 0.2) is 58.9 Å². The SMILES string of the molecule is CC1(I)C=CC=CC(C(=O)Cn2c(C(=O)O)cccc2=O)=C1. The van der Waals surface area contributed by atoms with E-state index in [0.29, 0.717) is 5.57 Å². The maximum atomic E-state index is 12.4. The van der Waals surface area contributed by atoms with Crippen molar-refractivity contribution < 1.29 is 14.7 Å². The molecule has 1 heterocycles. The number of carboxylic acid groups (broad SMARTS) is 1. The summed E-state index contributed by atoms with van der Waals surface area (Å²) >= 11 is 2.20. The second-order valence-corrected chi connectivity index (χ2v) is 7.36. The van der Waals surface area contributed by atoms with Crippen molar-refractivity contribution in [3.05, 3.63) is 70.2 Å². The molecule has 5 nitrogen and oxygen atoms in total. The van der Waals surface area contributed by atoms with Gasteiger partial charge in [-0.05, 0) is 13.0 Å². The molecule has 1 unspecified atom stereocenters. The number of halogens is 1. The van der Waals surface area contributed by atoms with Crippen LogP contribution in [-0.4, -0.2) is 24.8 Å². The maximum Gasteiger partial charge on any atom is 0.352 e. The average molecular weight is 411 g/mol. The molecule has 1 aromatic rings. The molecule has 1 aliphatic carbocycles. The smallest absolute Gasteiger partial charge is 0.352 e. The Morgan fingerprint density at radius 3 is 2.73 bits per heavy atom. The van der Waals surface area contributed by atoms with Gasteiger partial charge in [-0.25, -0.2) is 4.79 Å². The number of allylic oxidation sites excluding steroid dienone is 6. The molecule has 0 spiro atoms. The number of ketones is 1. The van der Waals surface area contributed by atoms with Gasteiger partial charge in [-0.3, -0.25) is 14.2 Å². The normalized spacial score (nSPS) is 20.4. The number of alkyl halides is 1. The molecule has 114 valence electrons. The minimum atomic E-state index is -1.24. The van der Waals surface area contributed by atoms with E-state index in [1.54, 1.807) is 18.2 Å². The molecule has 1 N–H and O–H groups in total. The van der Waals surface area contributed by atoms with E-state index in [-0.39, 0.29) is 21.4 Å². The summed E-state index contributed by atoms with van der Waals surface area (Å²) in [5.74, 6) is -1.55. The topological polar surface area (TPSA) is 76.4 Å². The number of hydrogen-bond donors (Lipinski definition) is 1. The Labute approximate surface area is 140 Å². The van der Waals surface area contributed by atoms with E-state index >= 15 is 0 Å². The highest BCUT2D eigenvalue weighted by atomic mass is 127. The Bertz CT molecular complexity index is 769. The minimum absolute atomic E-state index is 0.200. The van der Waals surface area contributed by atoms with Crippen LogP contribution >= 0.6 is 22.6 Å². The van der Waals surface area contributed by atoms with Crippen molar-refractivity contribution >= 4 is 34.3 Å². The van der Waals surface area contributed by atoms with E-state index in [0.717, 1.165) is 4.57 Å². The van der Waals surface area contributed by atoms with Gasteiger partial charge in [0, 0.05) is 11.6 Å². The van der Waals surface area contributed by atoms with Gasteiger partial charge in [0.25, 0.3) is 5.56 Å². The summed E-state index contributed by atoms with van der Waals surface area (Å²) in [6.45, 7) is 1.64. The second-order valence-electron chi connectivity index (χ2n) is 5.03. The fourth-order valence-electron chi connectivity index (χ4n) is 2.08. The van der Waals surface area contributed by atoms with Gasteiger partial charge in [0.05, 0.1) is 9.97 Å². The number of hydrogen-bond acceptors (Lipinski definition) is 3. The zero-order chi connectivity index (χ0) is 16.3. The number of pyridine rings is 1. The zero-order valence-corrected chi connectivity index (χ0v) is 14.0. The first kappa shape index (κ1) is 16.4. The number of carboxylic acids is 1. The molecule has 0 aliphatic heterocycles. The third-order valence-electron chi connectivity index (χ3n) is 3.14. The Morgan fingerprint density at radius 1 is 1.32 bits per heavy atom. The van der Waals surface area contributed by atoms with E-state index < -0.39 is 11.5 Å². The van der Waals surface area contributed by atoms with Crippen LogP contribution < -0.4 is 5.56 Å². The third-order valence-corrected chi connectivity index (χ3v) is 3.81. The molecule has 1 aliphatic rings. The zero-order valence-electron chi connectivity index (χ0n) is 11.8. The molecule has 6 heteroatoms. The largest absolute Gasteiger partial charge is 0.477 e. The van der Waals surface area contributed by atoms with Crippen molar-refractivity contribution in [2.45, 2.75) is 16.9 Å². The highest BCUT2D eigenvalue weighted by molar-refractivity contribution is 14.1. The fraction of sp³-hybridized carbons (Fsp3) is 0.188. The summed E-state index contributed by atoms with van der Waals surface area (Å²) in [5, 5.41) is 9.13. The molecule has 1 atom stereocenters. The fourth-order valence-corrected chi connectivity index (χ4v) is 2.62. The van der Waals surface area contributed by atoms with Gasteiger partial charge in [-0.2, -0.15) is 0 Å². The van der Waals surface area contributed by atoms with Gasteiger partial charge < -0.3 is 5.11 Å². The molecule has 1 aromatic heterocycles. The molecule has 0 radical (unpaired) electrons. The van der Waals surface area contributed by atoms with E-state index in [1.807, 2.05) is 19.1 Å². The standard InChI is InChI=1S/C16H14INO4/c1-16(17)8-3-2-5-11(9-16)13(19)10-18-12(15(21)22)6-4-7-14(18)20/h2-9H,10H2,1H3,(H,21,22). The first-order valence-corrected chi connectivity index (χ1v) is 7.62. The molecule has 0 saturated heterocycles. The molecular formula is C16H14INO4. The Kier molecular flexibility index (Phi) is 4.80. The first-order chi connectivity index (χ1) is 10.3. The molecule has 0 aromatic carbocycles. The van der Waals surface area contributed by atoms with E-state index in [4.69, 9.17) is 5.11 Å². The van der Waals surface area contributed by atoms with E-state index in [2.05, 4.69) is 22.6 Å². The van der Waals surface area contributed by atoms with Crippen molar-refractivity contribution in [2.75, 3.05) is 0 Å². The van der Waals surface area contributed by atoms with Gasteiger partial charge in [0.1, 0.15) is 5.69 Å². The van der Waals surface area contributed by atoms with Gasteiger partial charge in [-0.1, -0.05) is 59.0 Å². The van der Waals surface area contributed by atoms with Crippen LogP contribution in [0.4, 0.5) is 0 Å². The predicted octanol–water partition coefficient (Wildman–Crippen LogP) is 2.36. The average Bonchev–Trinajstić information content (AvgIpc) is 2.61. The predicted molar refractivity (Wildman–Crippen MR) is 91.5 cm³/mol. The summed E-state index contributed by atoms with van der Waals surface area (Å²) in [4.78, 5) is 35.5. The van der Waals surface area contributed by atoms with Crippen LogP contribution in [0.3, 0.4) is 0 Å². The van der Waals surface area contributed by atoms with Crippen LogP contribution in [-0.2, 0) is 11.3 Å². The number of nitrogens with zero attached hydrogens (tertiary/aromatic N) is 1. The molecular weight excluding hydrogens is 397 g/mol. The maximum absolute atomic E-state index is 12.4. The lowest BCUT2D eigenvalue weighted by Crippen LogP contribution is -2.29. The van der Waals surface area contributed by atoms with E-state index in [1.165, 1.54) is 18.2 Å². The van der Waals surface area contributed by atoms with Crippen LogP contribution in [0.25, 0.3) is 0 Å². The lowest BCUT2D eigenvalue weighted by atomic mass is 10.1. The van der Waals surface area contributed by atoms with E-state index in [9.17, 15) is 14.4 Å². The molecule has 0 saturated carbocycles. The molecule has 0 fully saturated rings. The lowest BCUT2D eigenvalue weighted by molar-refractivity contribution is -0.115. The quantitative estimate of drug-likeness (QED) is 0.610. The summed E-state index contributed by atoms with van der Waals surface area (Å²) in [7, 11) is 0. The van der Waals surface area contributed by atoms with Crippen molar-refractivity contribution in [3.63, 3.8) is 0 Å². The minimum Gasteiger partial charge on any atom is -0.477 e. The van der Waals surface area contributed by atoms with Crippen molar-refractivity contribution in [1.82, 2.24) is 4.57 Å². The summed E-state index contributed by atoms with van der Waals surface area (Å²) in [5.41, 5.74) is -0.259. The van der Waals surface area contributed by atoms with Gasteiger partial charge in [0.15, 0.2) is 5.78 Å². The van der Waals surface area contributed by atoms with Gasteiger partial charge in [0.2, 0.25) is 0 Å². The number of aromatic carboxylic acids is 1. The third kappa shape index (κ3) is 3.82. The lowest BCUT2D eigenvalue weighted by Gasteiger charge is -2.14. The van der Waals surface area contributed by atoms with Crippen molar-refractivity contribution in [2.24, 2.45) is 0 Å². The van der Waals surface area contributed by atoms with Crippen LogP contribution in [0.5, 0.6) is 0 Å². The highest BCUT2D eigenvalue weighted by Gasteiger charge is 2.20. The monoisotopic (exact) mass is 411 g/mol. The summed E-state index contributed by atoms with van der Waals surface area (Å²) in [6, 6.07) is 3.91. The summed E-state index contributed by atoms with van der Waals surface area (Å²) in [6.07, 6.45) is 9.00. The Balaban J connectivity index is 2.36. The van der Waals surface area contributed by atoms with Crippen LogP contribution in [0.2, 0.25) is 0 Å². The molecule has 22 heavy (non-hydrogen) atoms. The Hall–Kier alpha value is -1.96. The number of carbonyl (C=O) groups excluding carboxylic acids is 1. The Morgan fingerprint density at radius 2 is 2.05 bits per heavy atom. The van der Waals surface area contributed by atoms with Gasteiger partial charge in [-0.15, -0.1) is 0 Å². The van der Waals surface area contributed by atoms with Crippen LogP contribution in [0.1, 0.15) is 17.4 Å². The molecule has 2 rings (SSSR count). The van der Waals surface area contributed by atoms with Crippen molar-refractivity contribution in [1.29, 1.82) is 0 Å². The number of aromatic nitrogens is 1. The molecule has 0 bridgehead atoms. The number of rotatable bonds is 4. The molecule has 0 amide bonds. The second kappa shape index (κ2) is 6.43. The highest BCUT2D eigenvalue weighted by Crippen LogP contribution is 2.26. The number of Topliss-reactive ketones (excluding diaryl/α,β-unsaturated/α-hetero) is 1. The van der Waals surface area contributed by atoms with Gasteiger partial charge >= 0.3 is 5.97 Å². The van der Waals surface area contributed by atoms with Crippen molar-refractivity contribution in [3.8, 4) is 0 Å². The number of carbonyl (C=O) groups is 2.